The molecule has 33 heavy (non-hydrogen) atoms. The van der Waals surface area contributed by atoms with Crippen molar-refractivity contribution < 1.29 is 9.53 Å². The van der Waals surface area contributed by atoms with Crippen molar-refractivity contribution in [3.05, 3.63) is 70.6 Å². The van der Waals surface area contributed by atoms with Crippen LogP contribution in [0.2, 0.25) is 0 Å². The fraction of sp³-hybridized carbons (Fsp3) is 0.240. The van der Waals surface area contributed by atoms with Crippen molar-refractivity contribution in [2.75, 3.05) is 18.2 Å². The summed E-state index contributed by atoms with van der Waals surface area (Å²) < 4.78 is 7.09. The van der Waals surface area contributed by atoms with Crippen LogP contribution in [0.15, 0.2) is 64.7 Å². The fourth-order valence-corrected chi connectivity index (χ4v) is 4.74. The van der Waals surface area contributed by atoms with E-state index in [2.05, 4.69) is 10.3 Å². The lowest BCUT2D eigenvalue weighted by atomic mass is 10.1. The molecule has 1 aliphatic carbocycles. The summed E-state index contributed by atoms with van der Waals surface area (Å²) in [5, 5.41) is 3.48. The molecule has 2 aromatic carbocycles. The molecule has 168 valence electrons. The van der Waals surface area contributed by atoms with Crippen LogP contribution >= 0.6 is 11.8 Å². The zero-order valence-electron chi connectivity index (χ0n) is 18.4. The van der Waals surface area contributed by atoms with E-state index in [1.165, 1.54) is 11.8 Å². The Kier molecular flexibility index (Phi) is 5.68. The minimum Gasteiger partial charge on any atom is -0.495 e. The zero-order valence-corrected chi connectivity index (χ0v) is 19.2. The number of ether oxygens (including phenoxy) is 1. The molecule has 0 bridgehead atoms. The minimum absolute atomic E-state index is 0.0899. The normalized spacial score (nSPS) is 13.3. The maximum atomic E-state index is 13.3. The van der Waals surface area contributed by atoms with Crippen LogP contribution in [0.4, 0.5) is 5.69 Å². The summed E-state index contributed by atoms with van der Waals surface area (Å²) in [6.45, 7) is 1.96. The third kappa shape index (κ3) is 4.26. The third-order valence-electron chi connectivity index (χ3n) is 5.66. The van der Waals surface area contributed by atoms with Gasteiger partial charge in [-0.2, -0.15) is 0 Å². The largest absolute Gasteiger partial charge is 0.495 e. The lowest BCUT2D eigenvalue weighted by Crippen LogP contribution is -2.23. The molecule has 2 heterocycles. The standard InChI is InChI=1S/C25H24N4O3S/c1-15-8-11-20(32-2)19(12-15)27-21(30)14-33-25-28-22-18(16-6-4-3-5-7-16)13-26-23(22)24(31)29(25)17-9-10-17/h3-8,11-13,17,26H,9-10,14H2,1-2H3,(H,27,30). The highest BCUT2D eigenvalue weighted by Gasteiger charge is 2.29. The number of nitrogens with zero attached hydrogens (tertiary/aromatic N) is 2. The van der Waals surface area contributed by atoms with Gasteiger partial charge in [0.1, 0.15) is 16.8 Å². The van der Waals surface area contributed by atoms with Crippen molar-refractivity contribution in [2.45, 2.75) is 31.0 Å². The molecule has 1 aliphatic rings. The van der Waals surface area contributed by atoms with Crippen molar-refractivity contribution in [3.63, 3.8) is 0 Å². The summed E-state index contributed by atoms with van der Waals surface area (Å²) >= 11 is 1.28. The van der Waals surface area contributed by atoms with Gasteiger partial charge in [0.15, 0.2) is 5.16 Å². The number of aromatic amines is 1. The van der Waals surface area contributed by atoms with Gasteiger partial charge in [0.2, 0.25) is 5.91 Å². The second-order valence-corrected chi connectivity index (χ2v) is 9.08. The monoisotopic (exact) mass is 460 g/mol. The Morgan fingerprint density at radius 1 is 1.24 bits per heavy atom. The molecule has 0 atom stereocenters. The Balaban J connectivity index is 1.45. The van der Waals surface area contributed by atoms with Crippen LogP contribution in [0.3, 0.4) is 0 Å². The summed E-state index contributed by atoms with van der Waals surface area (Å²) in [6, 6.07) is 15.6. The van der Waals surface area contributed by atoms with Gasteiger partial charge >= 0.3 is 0 Å². The number of aryl methyl sites for hydroxylation is 1. The number of carbonyl (C=O) groups excluding carboxylic acids is 1. The third-order valence-corrected chi connectivity index (χ3v) is 6.61. The van der Waals surface area contributed by atoms with E-state index in [0.717, 1.165) is 29.5 Å². The van der Waals surface area contributed by atoms with Gasteiger partial charge in [-0.3, -0.25) is 14.2 Å². The van der Waals surface area contributed by atoms with Gasteiger partial charge in [0.05, 0.1) is 18.6 Å². The van der Waals surface area contributed by atoms with Crippen LogP contribution in [0.1, 0.15) is 24.4 Å². The Labute approximate surface area is 195 Å². The van der Waals surface area contributed by atoms with Gasteiger partial charge in [0.25, 0.3) is 5.56 Å². The molecule has 5 rings (SSSR count). The number of benzene rings is 2. The number of H-pyrrole nitrogens is 1. The fourth-order valence-electron chi connectivity index (χ4n) is 3.88. The maximum absolute atomic E-state index is 13.3. The first-order chi connectivity index (χ1) is 16.0. The Bertz CT molecular complexity index is 1390. The SMILES string of the molecule is COc1ccc(C)cc1NC(=O)CSc1nc2c(-c3ccccc3)c[nH]c2c(=O)n1C1CC1. The highest BCUT2D eigenvalue weighted by atomic mass is 32.2. The number of aromatic nitrogens is 3. The van der Waals surface area contributed by atoms with E-state index < -0.39 is 0 Å². The lowest BCUT2D eigenvalue weighted by molar-refractivity contribution is -0.113. The van der Waals surface area contributed by atoms with Gasteiger partial charge in [-0.05, 0) is 43.0 Å². The number of thioether (sulfide) groups is 1. The first-order valence-electron chi connectivity index (χ1n) is 10.8. The molecule has 1 amide bonds. The summed E-state index contributed by atoms with van der Waals surface area (Å²) in [4.78, 5) is 34.0. The molecular weight excluding hydrogens is 436 g/mol. The van der Waals surface area contributed by atoms with Crippen LogP contribution in [-0.2, 0) is 4.79 Å². The number of amides is 1. The summed E-state index contributed by atoms with van der Waals surface area (Å²) in [5.74, 6) is 0.554. The van der Waals surface area contributed by atoms with Crippen molar-refractivity contribution in [1.82, 2.24) is 14.5 Å². The van der Waals surface area contributed by atoms with Crippen molar-refractivity contribution >= 4 is 34.4 Å². The molecule has 0 aliphatic heterocycles. The molecule has 0 spiro atoms. The van der Waals surface area contributed by atoms with E-state index in [-0.39, 0.29) is 23.3 Å². The van der Waals surface area contributed by atoms with Crippen LogP contribution in [0.25, 0.3) is 22.2 Å². The first-order valence-corrected chi connectivity index (χ1v) is 11.8. The molecular formula is C25H24N4O3S. The molecule has 0 saturated heterocycles. The molecule has 0 unspecified atom stereocenters. The van der Waals surface area contributed by atoms with Crippen LogP contribution in [-0.4, -0.2) is 33.3 Å². The van der Waals surface area contributed by atoms with E-state index in [1.807, 2.05) is 61.7 Å². The average molecular weight is 461 g/mol. The zero-order chi connectivity index (χ0) is 22.9. The quantitative estimate of drug-likeness (QED) is 0.306. The summed E-state index contributed by atoms with van der Waals surface area (Å²) in [5.41, 5.74) is 4.55. The first kappa shape index (κ1) is 21.3. The molecule has 4 aromatic rings. The number of rotatable bonds is 7. The highest BCUT2D eigenvalue weighted by Crippen LogP contribution is 2.38. The molecule has 7 nitrogen and oxygen atoms in total. The smallest absolute Gasteiger partial charge is 0.278 e. The van der Waals surface area contributed by atoms with Crippen LogP contribution in [0.5, 0.6) is 5.75 Å². The van der Waals surface area contributed by atoms with Crippen LogP contribution < -0.4 is 15.6 Å². The van der Waals surface area contributed by atoms with Gasteiger partial charge < -0.3 is 15.0 Å². The molecule has 1 saturated carbocycles. The number of anilines is 1. The Hall–Kier alpha value is -3.52. The predicted molar refractivity (Wildman–Crippen MR) is 131 cm³/mol. The number of nitrogens with one attached hydrogen (secondary N) is 2. The van der Waals surface area contributed by atoms with Gasteiger partial charge in [-0.15, -0.1) is 0 Å². The molecule has 2 aromatic heterocycles. The molecule has 0 radical (unpaired) electrons. The van der Waals surface area contributed by atoms with Crippen LogP contribution in [0, 0.1) is 6.92 Å². The maximum Gasteiger partial charge on any atom is 0.278 e. The number of fused-ring (bicyclic) bond motifs is 1. The minimum atomic E-state index is -0.182. The second-order valence-electron chi connectivity index (χ2n) is 8.13. The Morgan fingerprint density at radius 3 is 2.76 bits per heavy atom. The molecule has 1 fully saturated rings. The van der Waals surface area contributed by atoms with E-state index in [4.69, 9.17) is 9.72 Å². The summed E-state index contributed by atoms with van der Waals surface area (Å²) in [6.07, 6.45) is 3.72. The van der Waals surface area contributed by atoms with E-state index in [0.29, 0.717) is 27.6 Å². The summed E-state index contributed by atoms with van der Waals surface area (Å²) in [7, 11) is 1.57. The van der Waals surface area contributed by atoms with Crippen molar-refractivity contribution in [1.29, 1.82) is 0 Å². The highest BCUT2D eigenvalue weighted by molar-refractivity contribution is 7.99. The van der Waals surface area contributed by atoms with E-state index in [1.54, 1.807) is 11.7 Å². The van der Waals surface area contributed by atoms with Gasteiger partial charge in [-0.1, -0.05) is 48.2 Å². The lowest BCUT2D eigenvalue weighted by Gasteiger charge is -2.13. The Morgan fingerprint density at radius 2 is 2.03 bits per heavy atom. The van der Waals surface area contributed by atoms with Crippen molar-refractivity contribution in [2.24, 2.45) is 0 Å². The number of hydrogen-bond donors (Lipinski definition) is 2. The topological polar surface area (TPSA) is 89.0 Å². The second kappa shape index (κ2) is 8.78. The van der Waals surface area contributed by atoms with Crippen molar-refractivity contribution in [3.8, 4) is 16.9 Å². The molecule has 2 N–H and O–H groups in total. The average Bonchev–Trinajstić information content (AvgIpc) is 3.56. The number of methoxy groups -OCH3 is 1. The predicted octanol–water partition coefficient (Wildman–Crippen LogP) is 4.77. The van der Waals surface area contributed by atoms with E-state index >= 15 is 0 Å². The van der Waals surface area contributed by atoms with Gasteiger partial charge in [0, 0.05) is 17.8 Å². The molecule has 8 heteroatoms. The van der Waals surface area contributed by atoms with Gasteiger partial charge in [-0.25, -0.2) is 4.98 Å². The van der Waals surface area contributed by atoms with E-state index in [9.17, 15) is 9.59 Å². The number of carbonyl (C=O) groups is 1. The number of hydrogen-bond acceptors (Lipinski definition) is 5.